The average molecular weight is 307 g/mol. The molecule has 0 unspecified atom stereocenters. The molecule has 0 N–H and O–H groups in total. The summed E-state index contributed by atoms with van der Waals surface area (Å²) in [7, 11) is 2.19. The number of nitrogens with zero attached hydrogens (tertiary/aromatic N) is 1. The number of thioether (sulfide) groups is 1. The number of benzene rings is 2. The molecule has 0 fully saturated rings. The Balaban J connectivity index is 1.84. The highest BCUT2D eigenvalue weighted by atomic mass is 32.2. The molecule has 22 heavy (non-hydrogen) atoms. The van der Waals surface area contributed by atoms with Crippen molar-refractivity contribution in [2.24, 2.45) is 13.0 Å². The lowest BCUT2D eigenvalue weighted by atomic mass is 9.79. The van der Waals surface area contributed by atoms with Crippen molar-refractivity contribution in [3.8, 4) is 5.75 Å². The van der Waals surface area contributed by atoms with E-state index in [2.05, 4.69) is 60.1 Å². The van der Waals surface area contributed by atoms with E-state index in [0.29, 0.717) is 11.8 Å². The van der Waals surface area contributed by atoms with Crippen molar-refractivity contribution in [2.75, 3.05) is 12.4 Å². The van der Waals surface area contributed by atoms with Gasteiger partial charge in [-0.3, -0.25) is 0 Å². The van der Waals surface area contributed by atoms with Crippen molar-refractivity contribution in [3.05, 3.63) is 59.7 Å². The molecule has 2 nitrogen and oxygen atoms in total. The number of para-hydroxylation sites is 2. The molecule has 1 aromatic heterocycles. The summed E-state index contributed by atoms with van der Waals surface area (Å²) in [6, 6.07) is 17.4. The van der Waals surface area contributed by atoms with E-state index in [1.165, 1.54) is 27.1 Å². The number of aryl methyl sites for hydroxylation is 1. The largest absolute Gasteiger partial charge is 0.493 e. The molecule has 0 saturated carbocycles. The van der Waals surface area contributed by atoms with E-state index in [1.54, 1.807) is 0 Å². The Kier molecular flexibility index (Phi) is 2.62. The van der Waals surface area contributed by atoms with Crippen LogP contribution < -0.4 is 4.74 Å². The van der Waals surface area contributed by atoms with Crippen molar-refractivity contribution in [1.29, 1.82) is 0 Å². The zero-order chi connectivity index (χ0) is 14.7. The number of ether oxygens (including phenoxy) is 1. The van der Waals surface area contributed by atoms with Crippen LogP contribution in [0, 0.1) is 5.92 Å². The molecule has 0 saturated heterocycles. The van der Waals surface area contributed by atoms with E-state index in [4.69, 9.17) is 4.74 Å². The first kappa shape index (κ1) is 12.7. The summed E-state index contributed by atoms with van der Waals surface area (Å²) in [4.78, 5) is 0. The second-order valence-electron chi connectivity index (χ2n) is 6.19. The quantitative estimate of drug-likeness (QED) is 0.610. The molecule has 2 aliphatic heterocycles. The van der Waals surface area contributed by atoms with Gasteiger partial charge in [0, 0.05) is 41.1 Å². The zero-order valence-electron chi connectivity index (χ0n) is 12.5. The van der Waals surface area contributed by atoms with Crippen LogP contribution in [0.25, 0.3) is 10.9 Å². The van der Waals surface area contributed by atoms with E-state index in [0.717, 1.165) is 18.1 Å². The van der Waals surface area contributed by atoms with Crippen LogP contribution in [-0.2, 0) is 7.05 Å². The number of aromatic nitrogens is 1. The molecule has 3 heterocycles. The smallest absolute Gasteiger partial charge is 0.123 e. The molecule has 0 amide bonds. The second-order valence-corrected chi connectivity index (χ2v) is 7.20. The monoisotopic (exact) mass is 307 g/mol. The summed E-state index contributed by atoms with van der Waals surface area (Å²) in [5, 5.41) is 2.83. The maximum atomic E-state index is 6.01. The molecular formula is C19H17NOS. The standard InChI is InChI=1S/C19H17NOS/c1-20-15-8-4-2-6-13(15)18-17-12(11-22-19(18)20)10-21-16-9-5-3-7-14(16)17/h2-9,12,17H,10-11H2,1H3/t12-,17+/m0/s1. The summed E-state index contributed by atoms with van der Waals surface area (Å²) in [5.74, 6) is 3.23. The number of hydrogen-bond acceptors (Lipinski definition) is 2. The van der Waals surface area contributed by atoms with Gasteiger partial charge in [-0.25, -0.2) is 0 Å². The van der Waals surface area contributed by atoms with Crippen LogP contribution in [0.15, 0.2) is 53.6 Å². The van der Waals surface area contributed by atoms with Crippen molar-refractivity contribution >= 4 is 22.7 Å². The minimum atomic E-state index is 0.465. The fourth-order valence-electron chi connectivity index (χ4n) is 4.01. The van der Waals surface area contributed by atoms with Gasteiger partial charge < -0.3 is 9.30 Å². The minimum absolute atomic E-state index is 0.465. The lowest BCUT2D eigenvalue weighted by molar-refractivity contribution is 0.218. The maximum Gasteiger partial charge on any atom is 0.123 e. The van der Waals surface area contributed by atoms with Gasteiger partial charge >= 0.3 is 0 Å². The Morgan fingerprint density at radius 2 is 1.91 bits per heavy atom. The highest BCUT2D eigenvalue weighted by Crippen LogP contribution is 2.52. The average Bonchev–Trinajstić information content (AvgIpc) is 2.88. The van der Waals surface area contributed by atoms with Crippen LogP contribution in [0.3, 0.4) is 0 Å². The van der Waals surface area contributed by atoms with E-state index >= 15 is 0 Å². The van der Waals surface area contributed by atoms with Gasteiger partial charge in [0.1, 0.15) is 5.75 Å². The van der Waals surface area contributed by atoms with Crippen molar-refractivity contribution in [3.63, 3.8) is 0 Å². The Labute approximate surface area is 134 Å². The first-order valence-corrected chi connectivity index (χ1v) is 8.75. The summed E-state index contributed by atoms with van der Waals surface area (Å²) in [6.07, 6.45) is 0. The molecule has 110 valence electrons. The molecule has 0 spiro atoms. The Hall–Kier alpha value is -1.87. The topological polar surface area (TPSA) is 14.2 Å². The fraction of sp³-hybridized carbons (Fsp3) is 0.263. The van der Waals surface area contributed by atoms with Crippen LogP contribution in [-0.4, -0.2) is 16.9 Å². The third-order valence-electron chi connectivity index (χ3n) is 5.01. The third kappa shape index (κ3) is 1.57. The zero-order valence-corrected chi connectivity index (χ0v) is 13.3. The second kappa shape index (κ2) is 4.56. The van der Waals surface area contributed by atoms with Gasteiger partial charge in [-0.1, -0.05) is 36.4 Å². The predicted molar refractivity (Wildman–Crippen MR) is 90.9 cm³/mol. The summed E-state index contributed by atoms with van der Waals surface area (Å²) < 4.78 is 8.37. The molecule has 0 radical (unpaired) electrons. The third-order valence-corrected chi connectivity index (χ3v) is 6.38. The van der Waals surface area contributed by atoms with Gasteiger partial charge in [0.2, 0.25) is 0 Å². The fourth-order valence-corrected chi connectivity index (χ4v) is 5.36. The van der Waals surface area contributed by atoms with Crippen LogP contribution in [0.2, 0.25) is 0 Å². The number of fused-ring (bicyclic) bond motifs is 7. The van der Waals surface area contributed by atoms with E-state index in [1.807, 2.05) is 11.8 Å². The van der Waals surface area contributed by atoms with Crippen molar-refractivity contribution < 1.29 is 4.74 Å². The normalized spacial score (nSPS) is 22.6. The van der Waals surface area contributed by atoms with Crippen molar-refractivity contribution in [2.45, 2.75) is 10.9 Å². The highest BCUT2D eigenvalue weighted by Gasteiger charge is 2.39. The Morgan fingerprint density at radius 1 is 1.09 bits per heavy atom. The summed E-state index contributed by atoms with van der Waals surface area (Å²) in [6.45, 7) is 0.831. The SMILES string of the molecule is Cn1c2c(c3ccccc31)[C@H]1c3ccccc3OC[C@H]1CS2. The Bertz CT molecular complexity index is 882. The predicted octanol–water partition coefficient (Wildman–Crippen LogP) is 4.42. The molecule has 0 bridgehead atoms. The minimum Gasteiger partial charge on any atom is -0.493 e. The van der Waals surface area contributed by atoms with Crippen LogP contribution in [0.4, 0.5) is 0 Å². The van der Waals surface area contributed by atoms with Gasteiger partial charge in [-0.15, -0.1) is 11.8 Å². The lowest BCUT2D eigenvalue weighted by Crippen LogP contribution is -2.31. The molecule has 2 aromatic carbocycles. The van der Waals surface area contributed by atoms with Gasteiger partial charge in [-0.05, 0) is 17.7 Å². The molecular weight excluding hydrogens is 290 g/mol. The summed E-state index contributed by atoms with van der Waals surface area (Å²) in [5.41, 5.74) is 4.20. The van der Waals surface area contributed by atoms with E-state index in [-0.39, 0.29) is 0 Å². The van der Waals surface area contributed by atoms with Crippen LogP contribution >= 0.6 is 11.8 Å². The van der Waals surface area contributed by atoms with Gasteiger partial charge in [0.15, 0.2) is 0 Å². The van der Waals surface area contributed by atoms with E-state index < -0.39 is 0 Å². The van der Waals surface area contributed by atoms with Gasteiger partial charge in [0.05, 0.1) is 11.6 Å². The first-order valence-electron chi connectivity index (χ1n) is 7.76. The molecule has 3 heteroatoms. The van der Waals surface area contributed by atoms with Crippen LogP contribution in [0.5, 0.6) is 5.75 Å². The maximum absolute atomic E-state index is 6.01. The Morgan fingerprint density at radius 3 is 2.86 bits per heavy atom. The summed E-state index contributed by atoms with van der Waals surface area (Å²) >= 11 is 1.98. The number of rotatable bonds is 0. The van der Waals surface area contributed by atoms with Gasteiger partial charge in [0.25, 0.3) is 0 Å². The molecule has 3 aromatic rings. The van der Waals surface area contributed by atoms with Crippen LogP contribution in [0.1, 0.15) is 17.0 Å². The molecule has 2 atom stereocenters. The molecule has 5 rings (SSSR count). The molecule has 2 aliphatic rings. The highest BCUT2D eigenvalue weighted by molar-refractivity contribution is 7.99. The molecule has 0 aliphatic carbocycles. The van der Waals surface area contributed by atoms with E-state index in [9.17, 15) is 0 Å². The first-order chi connectivity index (χ1) is 10.8. The van der Waals surface area contributed by atoms with Gasteiger partial charge in [-0.2, -0.15) is 0 Å². The lowest BCUT2D eigenvalue weighted by Gasteiger charge is -2.37. The number of hydrogen-bond donors (Lipinski definition) is 0. The van der Waals surface area contributed by atoms with Crippen molar-refractivity contribution in [1.82, 2.24) is 4.57 Å².